The SMILES string of the molecule is CC(C)=NO.C[SiH3]. The minimum Gasteiger partial charge on any atom is -0.411 e. The van der Waals surface area contributed by atoms with Crippen LogP contribution in [0.5, 0.6) is 0 Å². The topological polar surface area (TPSA) is 32.6 Å². The Kier molecular flexibility index (Phi) is 12.9. The van der Waals surface area contributed by atoms with Crippen molar-refractivity contribution in [1.82, 2.24) is 0 Å². The fourth-order valence-corrected chi connectivity index (χ4v) is 0. The molecule has 2 nitrogen and oxygen atoms in total. The molecule has 0 spiro atoms. The summed E-state index contributed by atoms with van der Waals surface area (Å²) < 4.78 is 0. The summed E-state index contributed by atoms with van der Waals surface area (Å²) in [4.78, 5) is 0. The first kappa shape index (κ1) is 9.84. The number of hydrogen-bond acceptors (Lipinski definition) is 2. The maximum absolute atomic E-state index is 7.73. The lowest BCUT2D eigenvalue weighted by molar-refractivity contribution is 0.318. The van der Waals surface area contributed by atoms with E-state index in [-0.39, 0.29) is 0 Å². The number of hydrogen-bond donors (Lipinski definition) is 1. The van der Waals surface area contributed by atoms with E-state index in [9.17, 15) is 0 Å². The Labute approximate surface area is 47.7 Å². The van der Waals surface area contributed by atoms with E-state index < -0.39 is 0 Å². The van der Waals surface area contributed by atoms with Crippen LogP contribution in [0.2, 0.25) is 6.55 Å². The van der Waals surface area contributed by atoms with Crippen LogP contribution in [0.3, 0.4) is 0 Å². The van der Waals surface area contributed by atoms with Crippen LogP contribution in [0.25, 0.3) is 0 Å². The molecule has 0 aromatic carbocycles. The van der Waals surface area contributed by atoms with Gasteiger partial charge in [0, 0.05) is 0 Å². The summed E-state index contributed by atoms with van der Waals surface area (Å²) in [5, 5.41) is 10.5. The second-order valence-electron chi connectivity index (χ2n) is 1.05. The molecule has 0 amide bonds. The molecule has 0 aliphatic carbocycles. The molecule has 3 heteroatoms. The summed E-state index contributed by atoms with van der Waals surface area (Å²) in [5.74, 6) is 0. The molecule has 0 radical (unpaired) electrons. The summed E-state index contributed by atoms with van der Waals surface area (Å²) in [7, 11) is 1.31. The Bertz CT molecular complexity index is 49.7. The van der Waals surface area contributed by atoms with Crippen LogP contribution in [-0.4, -0.2) is 21.2 Å². The Hall–Kier alpha value is -0.313. The van der Waals surface area contributed by atoms with E-state index in [4.69, 9.17) is 5.21 Å². The van der Waals surface area contributed by atoms with Gasteiger partial charge >= 0.3 is 0 Å². The van der Waals surface area contributed by atoms with Crippen molar-refractivity contribution >= 4 is 16.0 Å². The molecule has 44 valence electrons. The van der Waals surface area contributed by atoms with E-state index >= 15 is 0 Å². The molecule has 7 heavy (non-hydrogen) atoms. The van der Waals surface area contributed by atoms with Crippen molar-refractivity contribution in [2.75, 3.05) is 0 Å². The zero-order chi connectivity index (χ0) is 6.28. The Morgan fingerprint density at radius 3 is 1.57 bits per heavy atom. The second kappa shape index (κ2) is 9.19. The maximum atomic E-state index is 7.73. The molecule has 0 atom stereocenters. The summed E-state index contributed by atoms with van der Waals surface area (Å²) in [6.45, 7) is 5.58. The molecule has 0 aromatic heterocycles. The standard InChI is InChI=1S/C3H7NO.CH6Si/c1-3(2)4-5;1-2/h5H,1-2H3;1-2H3. The summed E-state index contributed by atoms with van der Waals surface area (Å²) >= 11 is 0. The van der Waals surface area contributed by atoms with Crippen molar-refractivity contribution in [2.45, 2.75) is 20.4 Å². The van der Waals surface area contributed by atoms with E-state index in [1.807, 2.05) is 0 Å². The highest BCUT2D eigenvalue weighted by atomic mass is 28.1. The first-order valence-corrected chi connectivity index (χ1v) is 4.42. The first-order chi connectivity index (χ1) is 3.27. The van der Waals surface area contributed by atoms with Gasteiger partial charge in [-0.2, -0.15) is 0 Å². The average molecular weight is 119 g/mol. The highest BCUT2D eigenvalue weighted by Gasteiger charge is 1.65. The molecule has 0 aliphatic heterocycles. The van der Waals surface area contributed by atoms with Gasteiger partial charge in [-0.05, 0) is 24.1 Å². The van der Waals surface area contributed by atoms with Gasteiger partial charge in [0.1, 0.15) is 0 Å². The van der Waals surface area contributed by atoms with Crippen molar-refractivity contribution in [3.8, 4) is 0 Å². The lowest BCUT2D eigenvalue weighted by Crippen LogP contribution is -1.74. The fraction of sp³-hybridized carbons (Fsp3) is 0.750. The smallest absolute Gasteiger partial charge is 0.0509 e. The van der Waals surface area contributed by atoms with Crippen LogP contribution in [0.4, 0.5) is 0 Å². The normalized spacial score (nSPS) is 6.14. The molecule has 1 N–H and O–H groups in total. The van der Waals surface area contributed by atoms with Crippen LogP contribution in [0, 0.1) is 0 Å². The monoisotopic (exact) mass is 119 g/mol. The predicted molar refractivity (Wildman–Crippen MR) is 36.4 cm³/mol. The van der Waals surface area contributed by atoms with Gasteiger partial charge in [0.15, 0.2) is 0 Å². The lowest BCUT2D eigenvalue weighted by atomic mass is 10.5. The molecule has 0 fully saturated rings. The largest absolute Gasteiger partial charge is 0.411 e. The quantitative estimate of drug-likeness (QED) is 0.211. The van der Waals surface area contributed by atoms with Gasteiger partial charge in [0.2, 0.25) is 0 Å². The highest BCUT2D eigenvalue weighted by Crippen LogP contribution is 1.62. The third-order valence-electron chi connectivity index (χ3n) is 0.200. The van der Waals surface area contributed by atoms with E-state index in [0.29, 0.717) is 5.71 Å². The van der Waals surface area contributed by atoms with Crippen LogP contribution >= 0.6 is 0 Å². The maximum Gasteiger partial charge on any atom is 0.0509 e. The number of nitrogens with zero attached hydrogens (tertiary/aromatic N) is 1. The van der Waals surface area contributed by atoms with Crippen molar-refractivity contribution in [1.29, 1.82) is 0 Å². The van der Waals surface area contributed by atoms with Gasteiger partial charge in [-0.1, -0.05) is 11.7 Å². The van der Waals surface area contributed by atoms with Gasteiger partial charge < -0.3 is 5.21 Å². The zero-order valence-corrected chi connectivity index (χ0v) is 7.39. The van der Waals surface area contributed by atoms with E-state index in [2.05, 4.69) is 11.7 Å². The molecule has 0 saturated heterocycles. The van der Waals surface area contributed by atoms with Crippen molar-refractivity contribution in [3.63, 3.8) is 0 Å². The van der Waals surface area contributed by atoms with Crippen molar-refractivity contribution in [3.05, 3.63) is 0 Å². The predicted octanol–water partition coefficient (Wildman–Crippen LogP) is 0.256. The van der Waals surface area contributed by atoms with E-state index in [1.54, 1.807) is 13.8 Å². The zero-order valence-electron chi connectivity index (χ0n) is 5.39. The van der Waals surface area contributed by atoms with Gasteiger partial charge in [-0.15, -0.1) is 0 Å². The highest BCUT2D eigenvalue weighted by molar-refractivity contribution is 6.05. The average Bonchev–Trinajstić information content (AvgIpc) is 1.73. The minimum absolute atomic E-state index is 0.685. The van der Waals surface area contributed by atoms with Crippen molar-refractivity contribution < 1.29 is 5.21 Å². The fourth-order valence-electron chi connectivity index (χ4n) is 0. The van der Waals surface area contributed by atoms with E-state index in [0.717, 1.165) is 0 Å². The summed E-state index contributed by atoms with van der Waals surface area (Å²) in [6.07, 6.45) is 0. The molecular weight excluding hydrogens is 106 g/mol. The molecular formula is C4H13NOSi. The third-order valence-corrected chi connectivity index (χ3v) is 0.200. The van der Waals surface area contributed by atoms with Gasteiger partial charge in [0.05, 0.1) is 5.71 Å². The lowest BCUT2D eigenvalue weighted by Gasteiger charge is -1.72. The molecule has 0 saturated carbocycles. The van der Waals surface area contributed by atoms with Gasteiger partial charge in [-0.25, -0.2) is 0 Å². The summed E-state index contributed by atoms with van der Waals surface area (Å²) in [5.41, 5.74) is 0.685. The minimum atomic E-state index is 0.685. The summed E-state index contributed by atoms with van der Waals surface area (Å²) in [6, 6.07) is 0. The number of oxime groups is 1. The van der Waals surface area contributed by atoms with Crippen molar-refractivity contribution in [2.24, 2.45) is 5.16 Å². The molecule has 0 aromatic rings. The number of rotatable bonds is 0. The third kappa shape index (κ3) is 27.2. The Morgan fingerprint density at radius 2 is 1.57 bits per heavy atom. The second-order valence-corrected chi connectivity index (χ2v) is 1.05. The van der Waals surface area contributed by atoms with Crippen LogP contribution in [0.1, 0.15) is 13.8 Å². The molecule has 0 rings (SSSR count). The Morgan fingerprint density at radius 1 is 1.43 bits per heavy atom. The molecule has 0 unspecified atom stereocenters. The first-order valence-electron chi connectivity index (χ1n) is 2.42. The van der Waals surface area contributed by atoms with Crippen LogP contribution in [0.15, 0.2) is 5.16 Å². The van der Waals surface area contributed by atoms with Crippen LogP contribution < -0.4 is 0 Å². The molecule has 0 bridgehead atoms. The van der Waals surface area contributed by atoms with Crippen LogP contribution in [-0.2, 0) is 0 Å². The molecule has 0 aliphatic rings. The van der Waals surface area contributed by atoms with Gasteiger partial charge in [-0.3, -0.25) is 0 Å². The Balaban J connectivity index is 0. The van der Waals surface area contributed by atoms with Gasteiger partial charge in [0.25, 0.3) is 0 Å². The molecule has 0 heterocycles. The van der Waals surface area contributed by atoms with E-state index in [1.165, 1.54) is 10.2 Å².